The van der Waals surface area contributed by atoms with Gasteiger partial charge in [-0.3, -0.25) is 0 Å². The average Bonchev–Trinajstić information content (AvgIpc) is 3.13. The van der Waals surface area contributed by atoms with Crippen LogP contribution in [0.4, 0.5) is 0 Å². The van der Waals surface area contributed by atoms with Crippen LogP contribution in [-0.2, 0) is 21.7 Å². The summed E-state index contributed by atoms with van der Waals surface area (Å²) in [5, 5.41) is 0. The lowest BCUT2D eigenvalue weighted by atomic mass is 9.62. The van der Waals surface area contributed by atoms with E-state index in [4.69, 9.17) is 38.4 Å². The molecule has 37 heavy (non-hydrogen) atoms. The van der Waals surface area contributed by atoms with Gasteiger partial charge in [-0.05, 0) is 109 Å². The third kappa shape index (κ3) is 4.60. The summed E-state index contributed by atoms with van der Waals surface area (Å²) in [4.78, 5) is 0. The fourth-order valence-corrected chi connectivity index (χ4v) is 3.92. The fraction of sp³-hybridized carbons (Fsp3) is 0.514. The molecule has 3 aromatic carbocycles. The van der Waals surface area contributed by atoms with Gasteiger partial charge in [-0.2, -0.15) is 0 Å². The van der Waals surface area contributed by atoms with Gasteiger partial charge in [0.15, 0.2) is 0 Å². The van der Waals surface area contributed by atoms with Gasteiger partial charge in [-0.1, -0.05) is 117 Å². The summed E-state index contributed by atoms with van der Waals surface area (Å²) in [7, 11) is 0. The summed E-state index contributed by atoms with van der Waals surface area (Å²) in [6.45, 7) is -33.4. The molecule has 2 aliphatic rings. The van der Waals surface area contributed by atoms with Crippen molar-refractivity contribution in [2.75, 3.05) is 0 Å². The lowest BCUT2D eigenvalue weighted by Gasteiger charge is -2.42. The summed E-state index contributed by atoms with van der Waals surface area (Å²) in [6.07, 6.45) is -19.0. The zero-order valence-electron chi connectivity index (χ0n) is 59.7. The monoisotopic (exact) mass is 533 g/mol. The maximum atomic E-state index is 9.70. The van der Waals surface area contributed by atoms with E-state index in [9.17, 15) is 16.4 Å². The van der Waals surface area contributed by atoms with E-state index in [2.05, 4.69) is 0 Å². The Morgan fingerprint density at radius 1 is 0.568 bits per heavy atom. The van der Waals surface area contributed by atoms with E-state index in [-0.39, 0.29) is 6.07 Å². The quantitative estimate of drug-likeness (QED) is 0.314. The summed E-state index contributed by atoms with van der Waals surface area (Å²) in [5.74, 6) is -1.29. The van der Waals surface area contributed by atoms with E-state index in [0.29, 0.717) is 0 Å². The van der Waals surface area contributed by atoms with Gasteiger partial charge in [-0.25, -0.2) is 0 Å². The molecule has 0 aliphatic heterocycles. The highest BCUT2D eigenvalue weighted by Gasteiger charge is 2.38. The van der Waals surface area contributed by atoms with Crippen LogP contribution in [0.1, 0.15) is 183 Å². The molecule has 0 unspecified atom stereocenters. The molecule has 0 atom stereocenters. The van der Waals surface area contributed by atoms with Gasteiger partial charge in [0.2, 0.25) is 0 Å². The molecule has 0 saturated heterocycles. The molecule has 0 spiro atoms. The van der Waals surface area contributed by atoms with Crippen LogP contribution in [0, 0.1) is 0 Å². The van der Waals surface area contributed by atoms with Crippen molar-refractivity contribution in [2.24, 2.45) is 0 Å². The highest BCUT2D eigenvalue weighted by Crippen LogP contribution is 2.48. The average molecular weight is 533 g/mol. The molecule has 196 valence electrons. The SMILES string of the molecule is [2H]c1cc2c(c([2H])c1-c1c([2H])c(-c3c([2H])c([2H])c4c(c3[2H])C(C([2H])([2H])[2H])(C([2H])([2H])[2H])C([2H])([2H])C([2H])([2H])C4(C([2H])([2H])[2H])C([2H])([2H])[2H])c([2H])c(C(C)C)c1[2H])C(C([2H])([2H])[2H])(C([2H])([2H])[2H])C([2H])([2H])C([2H])([2H])C2(C([2H])([2H])[2H])C([2H])([2H])[2H]. The van der Waals surface area contributed by atoms with Crippen molar-refractivity contribution in [3.05, 3.63) is 82.2 Å². The molecule has 0 nitrogen and oxygen atoms in total. The van der Waals surface area contributed by atoms with Gasteiger partial charge in [0.1, 0.15) is 0 Å². The van der Waals surface area contributed by atoms with E-state index >= 15 is 0 Å². The van der Waals surface area contributed by atoms with Gasteiger partial charge in [-0.15, -0.1) is 0 Å². The van der Waals surface area contributed by atoms with Crippen molar-refractivity contribution >= 4 is 0 Å². The second-order valence-corrected chi connectivity index (χ2v) is 9.27. The Morgan fingerprint density at radius 3 is 1.54 bits per heavy atom. The first kappa shape index (κ1) is 6.35. The van der Waals surface area contributed by atoms with E-state index in [0.717, 1.165) is 0 Å². The number of hydrogen-bond donors (Lipinski definition) is 0. The first-order valence-electron chi connectivity index (χ1n) is 31.0. The Morgan fingerprint density at radius 2 is 1.03 bits per heavy atom. The molecule has 0 amide bonds. The predicted octanol–water partition coefficient (Wildman–Crippen LogP) is 10.8. The molecule has 5 rings (SSSR count). The van der Waals surface area contributed by atoms with E-state index in [1.807, 2.05) is 0 Å². The van der Waals surface area contributed by atoms with Crippen LogP contribution in [0.3, 0.4) is 0 Å². The molecule has 0 heterocycles. The third-order valence-corrected chi connectivity index (χ3v) is 5.94. The maximum Gasteiger partial charge on any atom is 0.0636 e. The number of rotatable bonds is 3. The van der Waals surface area contributed by atoms with Crippen molar-refractivity contribution in [1.29, 1.82) is 0 Å². The topological polar surface area (TPSA) is 0 Å². The standard InChI is InChI=1S/C37H48/c1-24(2)27-19-28(25-11-13-30-32(22-25)36(7,8)17-15-34(30,3)4)21-29(20-27)26-12-14-31-33(23-26)37(9,10)18-16-35(31,5)6/h11-14,19-24H,15-18H2,1-10H3/i3D3,4D3,5D3,6D3,7D3,8D3,9D3,10D3,11D,12D,13D,15D2,16D2,17D2,18D2,19D,20D,21D,22D,23D. The Kier molecular flexibility index (Phi) is 1.47. The van der Waals surface area contributed by atoms with Crippen LogP contribution in [0.2, 0.25) is 0 Å². The zero-order chi connectivity index (χ0) is 61.1. The van der Waals surface area contributed by atoms with E-state index in [1.54, 1.807) is 0 Å². The second kappa shape index (κ2) is 8.59. The number of fused-ring (bicyclic) bond motifs is 2. The van der Waals surface area contributed by atoms with Crippen molar-refractivity contribution in [2.45, 2.75) is 122 Å². The van der Waals surface area contributed by atoms with E-state index in [1.165, 1.54) is 13.8 Å². The molecular formula is C37H48. The number of benzene rings is 3. The minimum Gasteiger partial charge on any atom is -0.0587 e. The largest absolute Gasteiger partial charge is 0.0636 e. The predicted molar refractivity (Wildman–Crippen MR) is 162 cm³/mol. The Balaban J connectivity index is 2.33. The van der Waals surface area contributed by atoms with Crippen LogP contribution in [0.25, 0.3) is 22.3 Å². The Hall–Kier alpha value is -2.34. The molecule has 0 N–H and O–H groups in total. The fourth-order valence-electron chi connectivity index (χ4n) is 3.92. The third-order valence-electron chi connectivity index (χ3n) is 5.94. The van der Waals surface area contributed by atoms with Gasteiger partial charge in [0.05, 0.1) is 11.0 Å². The van der Waals surface area contributed by atoms with Crippen molar-refractivity contribution in [3.8, 4) is 22.3 Å². The van der Waals surface area contributed by atoms with E-state index < -0.39 is 206 Å². The molecule has 2 aliphatic carbocycles. The van der Waals surface area contributed by atoms with Crippen LogP contribution in [0.5, 0.6) is 0 Å². The number of hydrogen-bond acceptors (Lipinski definition) is 0. The molecule has 0 saturated carbocycles. The lowest BCUT2D eigenvalue weighted by Crippen LogP contribution is -2.33. The molecule has 0 fully saturated rings. The van der Waals surface area contributed by atoms with Crippen LogP contribution in [0.15, 0.2) is 54.4 Å². The normalized spacial score (nSPS) is 44.8. The van der Waals surface area contributed by atoms with Gasteiger partial charge in [0, 0.05) is 43.9 Å². The summed E-state index contributed by atoms with van der Waals surface area (Å²) < 4.78 is 355. The minimum atomic E-state index is -4.83. The minimum absolute atomic E-state index is 0.0792. The molecule has 0 heteroatoms. The summed E-state index contributed by atoms with van der Waals surface area (Å²) in [5.41, 5.74) is -32.3. The van der Waals surface area contributed by atoms with Crippen LogP contribution >= 0.6 is 0 Å². The maximum absolute atomic E-state index is 9.70. The molecule has 0 radical (unpaired) electrons. The summed E-state index contributed by atoms with van der Waals surface area (Å²) >= 11 is 0. The lowest BCUT2D eigenvalue weighted by molar-refractivity contribution is 0.332. The molecule has 3 aromatic rings. The molecular weight excluding hydrogens is 444 g/mol. The van der Waals surface area contributed by atoms with Gasteiger partial charge in [0.25, 0.3) is 0 Å². The highest BCUT2D eigenvalue weighted by atomic mass is 14.4. The second-order valence-electron chi connectivity index (χ2n) is 9.27. The molecule has 0 bridgehead atoms. The van der Waals surface area contributed by atoms with Crippen molar-refractivity contribution in [1.82, 2.24) is 0 Å². The first-order valence-corrected chi connectivity index (χ1v) is 11.0. The van der Waals surface area contributed by atoms with Crippen LogP contribution < -0.4 is 0 Å². The summed E-state index contributed by atoms with van der Waals surface area (Å²) in [6, 6.07) is -12.8. The smallest absolute Gasteiger partial charge is 0.0587 e. The highest BCUT2D eigenvalue weighted by molar-refractivity contribution is 5.76. The van der Waals surface area contributed by atoms with Gasteiger partial charge >= 0.3 is 0 Å². The Bertz CT molecular complexity index is 2860. The van der Waals surface area contributed by atoms with Crippen molar-refractivity contribution < 1.29 is 54.8 Å². The van der Waals surface area contributed by atoms with Gasteiger partial charge < -0.3 is 0 Å². The Labute approximate surface area is 283 Å². The van der Waals surface area contributed by atoms with Crippen LogP contribution in [-0.4, -0.2) is 0 Å². The van der Waals surface area contributed by atoms with Crippen molar-refractivity contribution in [3.63, 3.8) is 0 Å². The molecule has 0 aromatic heterocycles. The zero-order valence-corrected chi connectivity index (χ0v) is 19.7. The first-order chi connectivity index (χ1) is 33.6.